The van der Waals surface area contributed by atoms with Gasteiger partial charge in [0.1, 0.15) is 0 Å². The van der Waals surface area contributed by atoms with Gasteiger partial charge in [0, 0.05) is 12.2 Å². The molecule has 1 aliphatic rings. The molecule has 1 fully saturated rings. The molecule has 1 amide bonds. The summed E-state index contributed by atoms with van der Waals surface area (Å²) in [7, 11) is 0. The SMILES string of the molecule is C=C1CCCCN1.NC=O. The third-order valence-corrected chi connectivity index (χ3v) is 1.28. The number of hydrogen-bond acceptors (Lipinski definition) is 2. The van der Waals surface area contributed by atoms with Gasteiger partial charge in [0.05, 0.1) is 0 Å². The quantitative estimate of drug-likeness (QED) is 0.480. The Labute approximate surface area is 61.3 Å². The fourth-order valence-electron chi connectivity index (χ4n) is 0.817. The number of carbonyl (C=O) groups excluding carboxylic acids is 1. The first-order valence-corrected chi connectivity index (χ1v) is 3.38. The lowest BCUT2D eigenvalue weighted by atomic mass is 10.1. The van der Waals surface area contributed by atoms with Crippen LogP contribution in [-0.2, 0) is 4.79 Å². The molecule has 0 aliphatic carbocycles. The topological polar surface area (TPSA) is 55.1 Å². The van der Waals surface area contributed by atoms with Gasteiger partial charge in [0.25, 0.3) is 0 Å². The van der Waals surface area contributed by atoms with Crippen LogP contribution in [0.1, 0.15) is 19.3 Å². The van der Waals surface area contributed by atoms with Crippen molar-refractivity contribution >= 4 is 6.41 Å². The summed E-state index contributed by atoms with van der Waals surface area (Å²) in [6.07, 6.45) is 4.07. The van der Waals surface area contributed by atoms with E-state index in [1.165, 1.54) is 25.0 Å². The van der Waals surface area contributed by atoms with Crippen LogP contribution >= 0.6 is 0 Å². The Hall–Kier alpha value is -0.990. The lowest BCUT2D eigenvalue weighted by molar-refractivity contribution is -0.106. The predicted molar refractivity (Wildman–Crippen MR) is 41.2 cm³/mol. The summed E-state index contributed by atoms with van der Waals surface area (Å²) in [5.74, 6) is 0. The van der Waals surface area contributed by atoms with Crippen molar-refractivity contribution in [2.75, 3.05) is 6.54 Å². The monoisotopic (exact) mass is 142 g/mol. The van der Waals surface area contributed by atoms with Gasteiger partial charge < -0.3 is 11.1 Å². The number of primary amides is 1. The molecule has 3 heteroatoms. The van der Waals surface area contributed by atoms with Gasteiger partial charge >= 0.3 is 0 Å². The largest absolute Gasteiger partial charge is 0.389 e. The summed E-state index contributed by atoms with van der Waals surface area (Å²) in [5.41, 5.74) is 5.38. The van der Waals surface area contributed by atoms with Gasteiger partial charge in [-0.1, -0.05) is 6.58 Å². The van der Waals surface area contributed by atoms with Gasteiger partial charge in [0.2, 0.25) is 6.41 Å². The minimum absolute atomic E-state index is 0.250. The van der Waals surface area contributed by atoms with Crippen LogP contribution in [0.4, 0.5) is 0 Å². The second kappa shape index (κ2) is 6.13. The molecule has 0 spiro atoms. The summed E-state index contributed by atoms with van der Waals surface area (Å²) >= 11 is 0. The van der Waals surface area contributed by atoms with Gasteiger partial charge in [-0.05, 0) is 19.3 Å². The maximum absolute atomic E-state index is 8.58. The molecule has 1 aliphatic heterocycles. The first-order chi connectivity index (χ1) is 4.81. The van der Waals surface area contributed by atoms with E-state index in [1.807, 2.05) is 0 Å². The number of nitrogens with one attached hydrogen (secondary N) is 1. The van der Waals surface area contributed by atoms with Crippen molar-refractivity contribution in [3.8, 4) is 0 Å². The summed E-state index contributed by atoms with van der Waals surface area (Å²) in [4.78, 5) is 8.58. The van der Waals surface area contributed by atoms with Crippen LogP contribution in [-0.4, -0.2) is 13.0 Å². The van der Waals surface area contributed by atoms with Crippen molar-refractivity contribution in [1.82, 2.24) is 5.32 Å². The Kier molecular flexibility index (Phi) is 5.53. The minimum Gasteiger partial charge on any atom is -0.389 e. The lowest BCUT2D eigenvalue weighted by Gasteiger charge is -2.13. The Morgan fingerprint density at radius 2 is 2.20 bits per heavy atom. The van der Waals surface area contributed by atoms with E-state index in [9.17, 15) is 0 Å². The standard InChI is InChI=1S/C6H11N.CH3NO/c1-6-4-2-3-5-7-6;2-1-3/h7H,1-5H2;1H,(H2,2,3). The highest BCUT2D eigenvalue weighted by Gasteiger charge is 1.98. The van der Waals surface area contributed by atoms with E-state index in [0.29, 0.717) is 0 Å². The fourth-order valence-corrected chi connectivity index (χ4v) is 0.817. The third-order valence-electron chi connectivity index (χ3n) is 1.28. The van der Waals surface area contributed by atoms with E-state index in [0.717, 1.165) is 6.54 Å². The normalized spacial score (nSPS) is 16.2. The molecule has 0 aromatic carbocycles. The van der Waals surface area contributed by atoms with Crippen LogP contribution in [0.15, 0.2) is 12.3 Å². The maximum Gasteiger partial charge on any atom is 0.204 e. The molecular weight excluding hydrogens is 128 g/mol. The van der Waals surface area contributed by atoms with Crippen molar-refractivity contribution in [1.29, 1.82) is 0 Å². The van der Waals surface area contributed by atoms with Crippen molar-refractivity contribution in [3.05, 3.63) is 12.3 Å². The Balaban J connectivity index is 0.000000236. The summed E-state index contributed by atoms with van der Waals surface area (Å²) < 4.78 is 0. The molecule has 0 saturated carbocycles. The van der Waals surface area contributed by atoms with Crippen LogP contribution in [0.2, 0.25) is 0 Å². The van der Waals surface area contributed by atoms with Gasteiger partial charge in [0.15, 0.2) is 0 Å². The highest BCUT2D eigenvalue weighted by molar-refractivity contribution is 5.42. The van der Waals surface area contributed by atoms with Crippen molar-refractivity contribution < 1.29 is 4.79 Å². The van der Waals surface area contributed by atoms with Gasteiger partial charge in [-0.25, -0.2) is 0 Å². The number of piperidine rings is 1. The molecule has 0 bridgehead atoms. The number of allylic oxidation sites excluding steroid dienone is 1. The zero-order valence-corrected chi connectivity index (χ0v) is 6.10. The molecule has 0 aromatic rings. The van der Waals surface area contributed by atoms with Crippen molar-refractivity contribution in [2.45, 2.75) is 19.3 Å². The number of hydrogen-bond donors (Lipinski definition) is 2. The second-order valence-electron chi connectivity index (χ2n) is 2.12. The number of amides is 1. The van der Waals surface area contributed by atoms with Gasteiger partial charge in [-0.3, -0.25) is 4.79 Å². The minimum atomic E-state index is 0.250. The molecule has 0 aromatic heterocycles. The van der Waals surface area contributed by atoms with Gasteiger partial charge in [-0.15, -0.1) is 0 Å². The maximum atomic E-state index is 8.58. The van der Waals surface area contributed by atoms with Crippen LogP contribution in [0.5, 0.6) is 0 Å². The van der Waals surface area contributed by atoms with Crippen molar-refractivity contribution in [2.24, 2.45) is 5.73 Å². The third kappa shape index (κ3) is 5.15. The van der Waals surface area contributed by atoms with E-state index in [-0.39, 0.29) is 6.41 Å². The lowest BCUT2D eigenvalue weighted by Crippen LogP contribution is -2.18. The van der Waals surface area contributed by atoms with E-state index in [1.54, 1.807) is 0 Å². The smallest absolute Gasteiger partial charge is 0.204 e. The Bertz CT molecular complexity index is 104. The molecule has 0 unspecified atom stereocenters. The summed E-state index contributed by atoms with van der Waals surface area (Å²) in [6.45, 7) is 4.94. The molecular formula is C7H14N2O. The van der Waals surface area contributed by atoms with Crippen LogP contribution in [0.25, 0.3) is 0 Å². The molecule has 0 radical (unpaired) electrons. The molecule has 3 N–H and O–H groups in total. The Morgan fingerprint density at radius 3 is 2.40 bits per heavy atom. The molecule has 1 rings (SSSR count). The van der Waals surface area contributed by atoms with Crippen LogP contribution in [0.3, 0.4) is 0 Å². The van der Waals surface area contributed by atoms with E-state index in [2.05, 4.69) is 17.6 Å². The zero-order valence-electron chi connectivity index (χ0n) is 6.10. The van der Waals surface area contributed by atoms with Crippen LogP contribution in [0, 0.1) is 0 Å². The van der Waals surface area contributed by atoms with E-state index < -0.39 is 0 Å². The Morgan fingerprint density at radius 1 is 1.60 bits per heavy atom. The fraction of sp³-hybridized carbons (Fsp3) is 0.571. The second-order valence-corrected chi connectivity index (χ2v) is 2.12. The molecule has 3 nitrogen and oxygen atoms in total. The first kappa shape index (κ1) is 9.01. The molecule has 10 heavy (non-hydrogen) atoms. The first-order valence-electron chi connectivity index (χ1n) is 3.38. The number of rotatable bonds is 0. The molecule has 1 heterocycles. The van der Waals surface area contributed by atoms with Crippen LogP contribution < -0.4 is 11.1 Å². The average Bonchev–Trinajstić information content (AvgIpc) is 1.91. The van der Waals surface area contributed by atoms with Crippen molar-refractivity contribution in [3.63, 3.8) is 0 Å². The zero-order chi connectivity index (χ0) is 7.82. The van der Waals surface area contributed by atoms with E-state index >= 15 is 0 Å². The highest BCUT2D eigenvalue weighted by Crippen LogP contribution is 2.06. The molecule has 58 valence electrons. The number of nitrogens with two attached hydrogens (primary N) is 1. The highest BCUT2D eigenvalue weighted by atomic mass is 16.1. The van der Waals surface area contributed by atoms with E-state index in [4.69, 9.17) is 4.79 Å². The van der Waals surface area contributed by atoms with Gasteiger partial charge in [-0.2, -0.15) is 0 Å². The average molecular weight is 142 g/mol. The summed E-state index contributed by atoms with van der Waals surface area (Å²) in [6, 6.07) is 0. The predicted octanol–water partition coefficient (Wildman–Crippen LogP) is 0.375. The summed E-state index contributed by atoms with van der Waals surface area (Å²) in [5, 5.41) is 3.19. The number of carbonyl (C=O) groups is 1. The molecule has 1 saturated heterocycles. The molecule has 0 atom stereocenters.